The number of nitrogens with one attached hydrogen (secondary N) is 2. The molecule has 0 atom stereocenters. The van der Waals surface area contributed by atoms with Gasteiger partial charge in [-0.3, -0.25) is 4.90 Å². The number of para-hydroxylation sites is 1. The Morgan fingerprint density at radius 2 is 1.69 bits per heavy atom. The number of carbonyl (C=O) groups excluding carboxylic acids is 1. The third-order valence-electron chi connectivity index (χ3n) is 12.2. The fraction of sp³-hybridized carbons (Fsp3) is 0.388. The molecule has 65 heavy (non-hydrogen) atoms. The molecule has 0 radical (unpaired) electrons. The number of aryl methyl sites for hydroxylation is 1. The predicted octanol–water partition coefficient (Wildman–Crippen LogP) is 9.51. The minimum atomic E-state index is -3.79. The normalized spacial score (nSPS) is 15.5. The first-order valence-corrected chi connectivity index (χ1v) is 25.2. The number of benzene rings is 3. The molecule has 2 aliphatic heterocycles. The first kappa shape index (κ1) is 46.5. The number of fused-ring (bicyclic) bond motifs is 1. The number of aldehydes is 1. The monoisotopic (exact) mass is 935 g/mol. The van der Waals surface area contributed by atoms with E-state index < -0.39 is 10.0 Å². The fourth-order valence-electron chi connectivity index (χ4n) is 8.59. The van der Waals surface area contributed by atoms with Crippen molar-refractivity contribution in [2.75, 3.05) is 68.5 Å². The summed E-state index contributed by atoms with van der Waals surface area (Å²) >= 11 is 8.30. The van der Waals surface area contributed by atoms with Crippen LogP contribution in [0.4, 0.5) is 28.8 Å². The summed E-state index contributed by atoms with van der Waals surface area (Å²) in [6.45, 7) is 10.1. The van der Waals surface area contributed by atoms with Crippen molar-refractivity contribution >= 4 is 74.0 Å². The van der Waals surface area contributed by atoms with Gasteiger partial charge in [0.15, 0.2) is 5.82 Å². The number of piperazine rings is 1. The molecule has 2 aliphatic rings. The third kappa shape index (κ3) is 11.5. The lowest BCUT2D eigenvalue weighted by Gasteiger charge is -2.36. The van der Waals surface area contributed by atoms with Crippen molar-refractivity contribution in [1.82, 2.24) is 28.8 Å². The summed E-state index contributed by atoms with van der Waals surface area (Å²) in [4.78, 5) is 26.9. The van der Waals surface area contributed by atoms with E-state index in [1.165, 1.54) is 5.69 Å². The Balaban J connectivity index is 0.828. The lowest BCUT2D eigenvalue weighted by molar-refractivity contribution is -0.107. The van der Waals surface area contributed by atoms with Gasteiger partial charge in [-0.25, -0.2) is 17.9 Å². The van der Waals surface area contributed by atoms with E-state index in [0.717, 1.165) is 103 Å². The molecule has 2 fully saturated rings. The molecule has 5 heterocycles. The van der Waals surface area contributed by atoms with Gasteiger partial charge in [-0.1, -0.05) is 56.1 Å². The van der Waals surface area contributed by atoms with Gasteiger partial charge in [0, 0.05) is 91.6 Å². The number of hydrogen-bond donors (Lipinski definition) is 2. The molecule has 0 amide bonds. The Hall–Kier alpha value is -5.03. The number of carbonyl (C=O) groups is 1. The van der Waals surface area contributed by atoms with Crippen molar-refractivity contribution in [3.8, 4) is 11.1 Å². The van der Waals surface area contributed by atoms with Crippen LogP contribution in [-0.2, 0) is 32.4 Å². The Morgan fingerprint density at radius 3 is 2.45 bits per heavy atom. The highest BCUT2D eigenvalue weighted by molar-refractivity contribution is 8.00. The second-order valence-electron chi connectivity index (χ2n) is 16.9. The molecule has 3 aromatic heterocycles. The molecule has 0 aliphatic carbocycles. The average molecular weight is 937 g/mol. The number of aromatic nitrogens is 4. The van der Waals surface area contributed by atoms with E-state index in [1.54, 1.807) is 40.1 Å². The largest absolute Gasteiger partial charge is 0.381 e. The van der Waals surface area contributed by atoms with Gasteiger partial charge >= 0.3 is 0 Å². The highest BCUT2D eigenvalue weighted by atomic mass is 35.5. The predicted molar refractivity (Wildman–Crippen MR) is 263 cm³/mol. The summed E-state index contributed by atoms with van der Waals surface area (Å²) < 4.78 is 37.6. The standard InChI is InChI=1S/C49H58ClN9O4S2/c1-35(2)64-46-11-7-6-10-44(46)54-48-43(50)34-51-49(55-48)53-39-13-15-40(16-14-39)57-28-26-56(27-29-57)22-8-4-5-9-36-12-17-42(37-18-25-59-45(32-37)38(21-30-60)33-52-59)47(31-36)65(61,62)58-23-19-41(63-3)20-24-58/h6-7,10-18,25,30-35,41H,4-5,8-9,19-24,26-29H2,1-3H3,(H2,51,53,54,55). The van der Waals surface area contributed by atoms with Crippen LogP contribution >= 0.6 is 23.4 Å². The number of nitrogens with zero attached hydrogens (tertiary/aromatic N) is 7. The number of unbranched alkanes of at least 4 members (excludes halogenated alkanes) is 2. The summed E-state index contributed by atoms with van der Waals surface area (Å²) in [6, 6.07) is 26.3. The number of pyridine rings is 1. The van der Waals surface area contributed by atoms with Crippen molar-refractivity contribution in [3.63, 3.8) is 0 Å². The van der Waals surface area contributed by atoms with Crippen LogP contribution in [-0.4, -0.2) is 108 Å². The van der Waals surface area contributed by atoms with Crippen molar-refractivity contribution in [3.05, 3.63) is 114 Å². The molecule has 6 aromatic rings. The van der Waals surface area contributed by atoms with Gasteiger partial charge in [0.05, 0.1) is 34.6 Å². The first-order chi connectivity index (χ1) is 31.6. The van der Waals surface area contributed by atoms with Gasteiger partial charge in [-0.05, 0) is 104 Å². The molecule has 0 saturated carbocycles. The zero-order chi connectivity index (χ0) is 45.3. The van der Waals surface area contributed by atoms with Crippen LogP contribution < -0.4 is 15.5 Å². The lowest BCUT2D eigenvalue weighted by atomic mass is 10.0. The zero-order valence-electron chi connectivity index (χ0n) is 37.3. The SMILES string of the molecule is COC1CCN(S(=O)(=O)c2cc(CCCCCN3CCN(c4ccc(Nc5ncc(Cl)c(Nc6ccccc6SC(C)C)n5)cc4)CC3)ccc2-c2ccn3ncc(CC=O)c3c2)CC1. The summed E-state index contributed by atoms with van der Waals surface area (Å²) in [5, 5.41) is 12.0. The summed E-state index contributed by atoms with van der Waals surface area (Å²) in [6.07, 6.45) is 11.5. The van der Waals surface area contributed by atoms with Crippen LogP contribution in [0.2, 0.25) is 5.02 Å². The maximum Gasteiger partial charge on any atom is 0.243 e. The van der Waals surface area contributed by atoms with Crippen LogP contribution in [0.1, 0.15) is 57.1 Å². The molecule has 342 valence electrons. The van der Waals surface area contributed by atoms with Crippen molar-refractivity contribution in [2.45, 2.75) is 79.9 Å². The lowest BCUT2D eigenvalue weighted by Crippen LogP contribution is -2.46. The molecule has 2 N–H and O–H groups in total. The molecular formula is C49H58ClN9O4S2. The van der Waals surface area contributed by atoms with Crippen molar-refractivity contribution in [1.29, 1.82) is 0 Å². The molecule has 16 heteroatoms. The van der Waals surface area contributed by atoms with Crippen molar-refractivity contribution < 1.29 is 17.9 Å². The Morgan fingerprint density at radius 1 is 0.908 bits per heavy atom. The number of piperidine rings is 1. The Bertz CT molecular complexity index is 2660. The minimum absolute atomic E-state index is 0.0667. The number of rotatable bonds is 19. The summed E-state index contributed by atoms with van der Waals surface area (Å²) in [7, 11) is -2.10. The number of methoxy groups -OCH3 is 1. The van der Waals surface area contributed by atoms with Crippen LogP contribution in [0.25, 0.3) is 16.6 Å². The zero-order valence-corrected chi connectivity index (χ0v) is 39.7. The van der Waals surface area contributed by atoms with Crippen LogP contribution in [0.15, 0.2) is 107 Å². The van der Waals surface area contributed by atoms with E-state index in [2.05, 4.69) is 85.7 Å². The van der Waals surface area contributed by atoms with Gasteiger partial charge in [-0.2, -0.15) is 14.4 Å². The van der Waals surface area contributed by atoms with Gasteiger partial charge in [0.25, 0.3) is 0 Å². The van der Waals surface area contributed by atoms with Gasteiger partial charge in [-0.15, -0.1) is 11.8 Å². The molecular weight excluding hydrogens is 878 g/mol. The molecule has 13 nitrogen and oxygen atoms in total. The quantitative estimate of drug-likeness (QED) is 0.0455. The van der Waals surface area contributed by atoms with E-state index in [1.807, 2.05) is 48.7 Å². The number of ether oxygens (including phenoxy) is 1. The van der Waals surface area contributed by atoms with Crippen LogP contribution in [0.3, 0.4) is 0 Å². The van der Waals surface area contributed by atoms with E-state index in [0.29, 0.717) is 58.4 Å². The first-order valence-electron chi connectivity index (χ1n) is 22.5. The topological polar surface area (TPSA) is 137 Å². The summed E-state index contributed by atoms with van der Waals surface area (Å²) in [5.41, 5.74) is 7.08. The minimum Gasteiger partial charge on any atom is -0.381 e. The second kappa shape index (κ2) is 21.5. The van der Waals surface area contributed by atoms with E-state index >= 15 is 0 Å². The fourth-order valence-corrected chi connectivity index (χ4v) is 11.4. The van der Waals surface area contributed by atoms with E-state index in [9.17, 15) is 13.2 Å². The second-order valence-corrected chi connectivity index (χ2v) is 20.9. The highest BCUT2D eigenvalue weighted by Crippen LogP contribution is 2.36. The van der Waals surface area contributed by atoms with Crippen molar-refractivity contribution in [2.24, 2.45) is 0 Å². The van der Waals surface area contributed by atoms with Crippen LogP contribution in [0.5, 0.6) is 0 Å². The maximum atomic E-state index is 14.4. The van der Waals surface area contributed by atoms with Crippen LogP contribution in [0, 0.1) is 0 Å². The Labute approximate surface area is 392 Å². The van der Waals surface area contributed by atoms with E-state index in [4.69, 9.17) is 16.3 Å². The number of sulfonamides is 1. The smallest absolute Gasteiger partial charge is 0.243 e. The molecule has 3 aromatic carbocycles. The molecule has 8 rings (SSSR count). The van der Waals surface area contributed by atoms with E-state index in [-0.39, 0.29) is 12.5 Å². The number of thioether (sulfide) groups is 1. The summed E-state index contributed by atoms with van der Waals surface area (Å²) in [5.74, 6) is 1.01. The molecule has 2 saturated heterocycles. The van der Waals surface area contributed by atoms with Gasteiger partial charge < -0.3 is 25.1 Å². The number of halogens is 1. The maximum absolute atomic E-state index is 14.4. The third-order valence-corrected chi connectivity index (χ3v) is 15.5. The number of hydrogen-bond acceptors (Lipinski definition) is 12. The molecule has 0 spiro atoms. The van der Waals surface area contributed by atoms with Gasteiger partial charge in [0.2, 0.25) is 16.0 Å². The average Bonchev–Trinajstić information content (AvgIpc) is 3.72. The molecule has 0 unspecified atom stereocenters. The Kier molecular flexibility index (Phi) is 15.4. The highest BCUT2D eigenvalue weighted by Gasteiger charge is 2.32. The number of anilines is 5. The molecule has 0 bridgehead atoms. The van der Waals surface area contributed by atoms with Gasteiger partial charge in [0.1, 0.15) is 11.3 Å².